The second-order valence-corrected chi connectivity index (χ2v) is 7.75. The molecule has 0 radical (unpaired) electrons. The topological polar surface area (TPSA) is 92.5 Å². The number of hydrogen-bond acceptors (Lipinski definition) is 5. The van der Waals surface area contributed by atoms with Crippen LogP contribution in [-0.4, -0.2) is 73.8 Å². The molecule has 0 spiro atoms. The van der Waals surface area contributed by atoms with Crippen LogP contribution >= 0.6 is 0 Å². The Labute approximate surface area is 171 Å². The number of halogens is 1. The lowest BCUT2D eigenvalue weighted by molar-refractivity contribution is -0.856. The zero-order chi connectivity index (χ0) is 21.4. The summed E-state index contributed by atoms with van der Waals surface area (Å²) in [6.45, 7) is 4.89. The summed E-state index contributed by atoms with van der Waals surface area (Å²) in [5.41, 5.74) is -0.836. The fourth-order valence-corrected chi connectivity index (χ4v) is 3.39. The van der Waals surface area contributed by atoms with Gasteiger partial charge in [0.2, 0.25) is 0 Å². The van der Waals surface area contributed by atoms with Gasteiger partial charge >= 0.3 is 0 Å². The highest BCUT2D eigenvalue weighted by molar-refractivity contribution is 5.85. The molecule has 1 aliphatic carbocycles. The third-order valence-corrected chi connectivity index (χ3v) is 5.00. The average Bonchev–Trinajstić information content (AvgIpc) is 2.67. The lowest BCUT2D eigenvalue weighted by Crippen LogP contribution is -3.06. The van der Waals surface area contributed by atoms with Crippen molar-refractivity contribution in [2.45, 2.75) is 43.4 Å². The molecule has 1 aromatic carbocycles. The second-order valence-electron chi connectivity index (χ2n) is 7.75. The highest BCUT2D eigenvalue weighted by Gasteiger charge is 2.51. The second kappa shape index (κ2) is 10.8. The molecule has 0 heterocycles. The maximum Gasteiger partial charge on any atom is 0.252 e. The van der Waals surface area contributed by atoms with Crippen molar-refractivity contribution in [2.24, 2.45) is 0 Å². The first-order chi connectivity index (χ1) is 13.8. The summed E-state index contributed by atoms with van der Waals surface area (Å²) >= 11 is 0. The largest absolute Gasteiger partial charge is 0.390 e. The Hall–Kier alpha value is -1.84. The van der Waals surface area contributed by atoms with Gasteiger partial charge in [-0.15, -0.1) is 6.58 Å². The number of quaternary nitrogens is 1. The van der Waals surface area contributed by atoms with Crippen LogP contribution in [0, 0.1) is 5.82 Å². The predicted molar refractivity (Wildman–Crippen MR) is 106 cm³/mol. The number of amides is 1. The molecule has 0 unspecified atom stereocenters. The van der Waals surface area contributed by atoms with Crippen molar-refractivity contribution >= 4 is 5.91 Å². The molecule has 1 aromatic rings. The van der Waals surface area contributed by atoms with E-state index in [1.807, 2.05) is 14.1 Å². The first kappa shape index (κ1) is 23.4. The van der Waals surface area contributed by atoms with Crippen LogP contribution in [-0.2, 0) is 20.9 Å². The molecule has 1 saturated carbocycles. The quantitative estimate of drug-likeness (QED) is 0.387. The van der Waals surface area contributed by atoms with E-state index in [2.05, 4.69) is 11.9 Å². The van der Waals surface area contributed by atoms with Gasteiger partial charge in [-0.1, -0.05) is 18.2 Å². The SMILES string of the molecule is C=CCO[C@H]1C[C@](OCc2cccc(F)c2)(C(=O)NCC[NH+](C)C)C[C@@H](O)[C@H]1O. The van der Waals surface area contributed by atoms with Crippen molar-refractivity contribution < 1.29 is 33.8 Å². The summed E-state index contributed by atoms with van der Waals surface area (Å²) in [6.07, 6.45) is -1.62. The monoisotopic (exact) mass is 411 g/mol. The van der Waals surface area contributed by atoms with Gasteiger partial charge < -0.3 is 29.9 Å². The van der Waals surface area contributed by atoms with Gasteiger partial charge in [0.05, 0.1) is 52.6 Å². The van der Waals surface area contributed by atoms with Gasteiger partial charge in [-0.05, 0) is 17.7 Å². The summed E-state index contributed by atoms with van der Waals surface area (Å²) in [5, 5.41) is 23.6. The lowest BCUT2D eigenvalue weighted by Gasteiger charge is -2.43. The summed E-state index contributed by atoms with van der Waals surface area (Å²) in [5.74, 6) is -0.779. The first-order valence-corrected chi connectivity index (χ1v) is 9.82. The Kier molecular flexibility index (Phi) is 8.73. The fourth-order valence-electron chi connectivity index (χ4n) is 3.39. The van der Waals surface area contributed by atoms with Crippen LogP contribution in [0.3, 0.4) is 0 Å². The highest BCUT2D eigenvalue weighted by atomic mass is 19.1. The number of hydrogen-bond donors (Lipinski definition) is 4. The molecule has 0 aliphatic heterocycles. The zero-order valence-electron chi connectivity index (χ0n) is 17.1. The van der Waals surface area contributed by atoms with Gasteiger partial charge in [0.25, 0.3) is 5.91 Å². The third-order valence-electron chi connectivity index (χ3n) is 5.00. The van der Waals surface area contributed by atoms with Crippen LogP contribution in [0.1, 0.15) is 18.4 Å². The maximum atomic E-state index is 13.5. The summed E-state index contributed by atoms with van der Waals surface area (Å²) in [6, 6.07) is 5.93. The van der Waals surface area contributed by atoms with E-state index in [9.17, 15) is 19.4 Å². The molecule has 162 valence electrons. The minimum Gasteiger partial charge on any atom is -0.390 e. The number of likely N-dealkylation sites (N-methyl/N-ethyl adjacent to an activating group) is 1. The van der Waals surface area contributed by atoms with Gasteiger partial charge in [0, 0.05) is 12.8 Å². The molecule has 4 N–H and O–H groups in total. The van der Waals surface area contributed by atoms with Gasteiger partial charge in [-0.2, -0.15) is 0 Å². The number of nitrogens with one attached hydrogen (secondary N) is 2. The van der Waals surface area contributed by atoms with E-state index in [4.69, 9.17) is 9.47 Å². The van der Waals surface area contributed by atoms with Gasteiger partial charge in [0.1, 0.15) is 11.9 Å². The number of ether oxygens (including phenoxy) is 2. The number of aliphatic hydroxyl groups is 2. The number of carbonyl (C=O) groups is 1. The van der Waals surface area contributed by atoms with Crippen LogP contribution in [0.2, 0.25) is 0 Å². The van der Waals surface area contributed by atoms with Crippen LogP contribution < -0.4 is 10.2 Å². The molecular weight excluding hydrogens is 379 g/mol. The third kappa shape index (κ3) is 6.58. The maximum absolute atomic E-state index is 13.5. The summed E-state index contributed by atoms with van der Waals surface area (Å²) in [7, 11) is 3.95. The lowest BCUT2D eigenvalue weighted by atomic mass is 9.78. The normalized spacial score (nSPS) is 27.0. The molecule has 1 fully saturated rings. The van der Waals surface area contributed by atoms with E-state index in [1.165, 1.54) is 23.1 Å². The van der Waals surface area contributed by atoms with Crippen molar-refractivity contribution in [1.82, 2.24) is 5.32 Å². The predicted octanol–water partition coefficient (Wildman–Crippen LogP) is -0.571. The van der Waals surface area contributed by atoms with Crippen molar-refractivity contribution in [1.29, 1.82) is 0 Å². The van der Waals surface area contributed by atoms with Gasteiger partial charge in [-0.25, -0.2) is 4.39 Å². The molecular formula is C21H32FN2O5+. The number of aliphatic hydroxyl groups excluding tert-OH is 2. The van der Waals surface area contributed by atoms with Crippen molar-refractivity contribution in [3.05, 3.63) is 48.3 Å². The molecule has 2 rings (SSSR count). The highest BCUT2D eigenvalue weighted by Crippen LogP contribution is 2.35. The first-order valence-electron chi connectivity index (χ1n) is 9.82. The van der Waals surface area contributed by atoms with E-state index in [0.717, 1.165) is 0 Å². The van der Waals surface area contributed by atoms with Crippen LogP contribution in [0.4, 0.5) is 4.39 Å². The van der Waals surface area contributed by atoms with E-state index in [1.54, 1.807) is 12.1 Å². The molecule has 29 heavy (non-hydrogen) atoms. The van der Waals surface area contributed by atoms with Crippen LogP contribution in [0.5, 0.6) is 0 Å². The van der Waals surface area contributed by atoms with E-state index in [-0.39, 0.29) is 32.0 Å². The Morgan fingerprint density at radius 2 is 2.17 bits per heavy atom. The Morgan fingerprint density at radius 3 is 2.83 bits per heavy atom. The smallest absolute Gasteiger partial charge is 0.252 e. The van der Waals surface area contributed by atoms with E-state index >= 15 is 0 Å². The molecule has 8 heteroatoms. The van der Waals surface area contributed by atoms with Gasteiger partial charge in [-0.3, -0.25) is 4.79 Å². The minimum atomic E-state index is -1.40. The summed E-state index contributed by atoms with van der Waals surface area (Å²) in [4.78, 5) is 14.2. The van der Waals surface area contributed by atoms with Crippen LogP contribution in [0.15, 0.2) is 36.9 Å². The number of benzene rings is 1. The van der Waals surface area contributed by atoms with Gasteiger partial charge in [0.15, 0.2) is 5.60 Å². The van der Waals surface area contributed by atoms with Crippen molar-refractivity contribution in [3.8, 4) is 0 Å². The minimum absolute atomic E-state index is 0.0128. The van der Waals surface area contributed by atoms with E-state index < -0.39 is 29.7 Å². The molecule has 7 nitrogen and oxygen atoms in total. The molecule has 1 amide bonds. The molecule has 0 saturated heterocycles. The Bertz CT molecular complexity index is 687. The molecule has 0 bridgehead atoms. The number of carbonyl (C=O) groups excluding carboxylic acids is 1. The van der Waals surface area contributed by atoms with Crippen LogP contribution in [0.25, 0.3) is 0 Å². The standard InChI is InChI=1S/C21H31FN2O5/c1-4-10-28-18-13-21(12-17(25)19(18)26,20(27)23-8-9-24(2)3)29-14-15-6-5-7-16(22)11-15/h4-7,11,17-19,25-26H,1,8-10,12-14H2,2-3H3,(H,23,27)/p+1/t17-,18+,19-,21+/m1/s1. The number of rotatable bonds is 10. The van der Waals surface area contributed by atoms with Crippen molar-refractivity contribution in [2.75, 3.05) is 33.8 Å². The molecule has 1 aliphatic rings. The van der Waals surface area contributed by atoms with Crippen molar-refractivity contribution in [3.63, 3.8) is 0 Å². The van der Waals surface area contributed by atoms with E-state index in [0.29, 0.717) is 18.7 Å². The summed E-state index contributed by atoms with van der Waals surface area (Å²) < 4.78 is 25.1. The Balaban J connectivity index is 2.20. The zero-order valence-corrected chi connectivity index (χ0v) is 17.1. The fraction of sp³-hybridized carbons (Fsp3) is 0.571. The molecule has 4 atom stereocenters. The average molecular weight is 411 g/mol. The molecule has 0 aromatic heterocycles. The Morgan fingerprint density at radius 1 is 1.41 bits per heavy atom.